The molecule has 0 spiro atoms. The van der Waals surface area contributed by atoms with E-state index in [1.165, 1.54) is 40.7 Å². The van der Waals surface area contributed by atoms with Crippen molar-refractivity contribution in [1.82, 2.24) is 5.32 Å². The summed E-state index contributed by atoms with van der Waals surface area (Å²) in [6, 6.07) is 16.1. The van der Waals surface area contributed by atoms with E-state index < -0.39 is 0 Å². The normalized spacial score (nSPS) is 18.0. The first kappa shape index (κ1) is 14.3. The van der Waals surface area contributed by atoms with Crippen LogP contribution in [-0.2, 0) is 6.42 Å². The summed E-state index contributed by atoms with van der Waals surface area (Å²) < 4.78 is 0. The van der Waals surface area contributed by atoms with Gasteiger partial charge in [0.25, 0.3) is 0 Å². The first-order chi connectivity index (χ1) is 10.2. The Morgan fingerprint density at radius 2 is 1.90 bits per heavy atom. The van der Waals surface area contributed by atoms with Crippen molar-refractivity contribution in [1.29, 1.82) is 0 Å². The minimum Gasteiger partial charge on any atom is -0.309 e. The van der Waals surface area contributed by atoms with Crippen molar-refractivity contribution >= 4 is 0 Å². The predicted molar refractivity (Wildman–Crippen MR) is 89.8 cm³/mol. The number of aryl methyl sites for hydroxylation is 1. The van der Waals surface area contributed by atoms with Gasteiger partial charge in [-0.3, -0.25) is 0 Å². The Kier molecular flexibility index (Phi) is 4.12. The van der Waals surface area contributed by atoms with E-state index in [4.69, 9.17) is 0 Å². The van der Waals surface area contributed by atoms with E-state index in [9.17, 15) is 0 Å². The average Bonchev–Trinajstić information content (AvgIpc) is 2.47. The van der Waals surface area contributed by atoms with Crippen molar-refractivity contribution in [3.63, 3.8) is 0 Å². The molecule has 0 bridgehead atoms. The van der Waals surface area contributed by atoms with Gasteiger partial charge in [-0.25, -0.2) is 0 Å². The fourth-order valence-electron chi connectivity index (χ4n) is 3.47. The zero-order chi connectivity index (χ0) is 14.8. The zero-order valence-corrected chi connectivity index (χ0v) is 13.3. The van der Waals surface area contributed by atoms with E-state index in [0.717, 1.165) is 6.54 Å². The molecule has 2 unspecified atom stereocenters. The molecule has 0 aliphatic heterocycles. The lowest BCUT2D eigenvalue weighted by atomic mass is 9.71. The lowest BCUT2D eigenvalue weighted by molar-refractivity contribution is 0.410. The molecule has 2 aromatic carbocycles. The Morgan fingerprint density at radius 1 is 1.10 bits per heavy atom. The van der Waals surface area contributed by atoms with Gasteiger partial charge in [0.15, 0.2) is 0 Å². The van der Waals surface area contributed by atoms with Crippen LogP contribution in [0.25, 0.3) is 0 Å². The minimum atomic E-state index is 0.444. The van der Waals surface area contributed by atoms with Gasteiger partial charge in [0.1, 0.15) is 0 Å². The SMILES string of the molecule is CCCNC(c1cccc(C)c1C)C1Cc2ccccc21. The number of fused-ring (bicyclic) bond motifs is 1. The molecule has 0 aromatic heterocycles. The van der Waals surface area contributed by atoms with Crippen molar-refractivity contribution in [3.05, 3.63) is 70.3 Å². The average molecular weight is 279 g/mol. The maximum atomic E-state index is 3.80. The number of rotatable bonds is 5. The molecular formula is C20H25N. The second-order valence-corrected chi connectivity index (χ2v) is 6.23. The van der Waals surface area contributed by atoms with E-state index in [-0.39, 0.29) is 0 Å². The van der Waals surface area contributed by atoms with E-state index in [0.29, 0.717) is 12.0 Å². The van der Waals surface area contributed by atoms with Crippen LogP contribution in [0.4, 0.5) is 0 Å². The van der Waals surface area contributed by atoms with Crippen LogP contribution < -0.4 is 5.32 Å². The maximum Gasteiger partial charge on any atom is 0.0395 e. The molecule has 0 amide bonds. The Hall–Kier alpha value is -1.60. The highest BCUT2D eigenvalue weighted by Crippen LogP contribution is 2.44. The molecular weight excluding hydrogens is 254 g/mol. The van der Waals surface area contributed by atoms with Crippen LogP contribution in [-0.4, -0.2) is 6.54 Å². The van der Waals surface area contributed by atoms with Crippen molar-refractivity contribution in [2.24, 2.45) is 0 Å². The van der Waals surface area contributed by atoms with Crippen molar-refractivity contribution < 1.29 is 0 Å². The first-order valence-corrected chi connectivity index (χ1v) is 8.09. The maximum absolute atomic E-state index is 3.80. The molecule has 2 atom stereocenters. The lowest BCUT2D eigenvalue weighted by Crippen LogP contribution is -2.34. The second kappa shape index (κ2) is 6.03. The zero-order valence-electron chi connectivity index (χ0n) is 13.3. The van der Waals surface area contributed by atoms with Gasteiger partial charge in [0.2, 0.25) is 0 Å². The van der Waals surface area contributed by atoms with Gasteiger partial charge >= 0.3 is 0 Å². The van der Waals surface area contributed by atoms with Crippen molar-refractivity contribution in [2.75, 3.05) is 6.54 Å². The predicted octanol–water partition coefficient (Wildman–Crippen LogP) is 4.68. The smallest absolute Gasteiger partial charge is 0.0395 e. The molecule has 3 rings (SSSR count). The van der Waals surface area contributed by atoms with Gasteiger partial charge in [0.05, 0.1) is 0 Å². The highest BCUT2D eigenvalue weighted by Gasteiger charge is 2.33. The summed E-state index contributed by atoms with van der Waals surface area (Å²) >= 11 is 0. The van der Waals surface area contributed by atoms with Crippen LogP contribution in [0.15, 0.2) is 42.5 Å². The molecule has 0 saturated carbocycles. The monoisotopic (exact) mass is 279 g/mol. The van der Waals surface area contributed by atoms with Gasteiger partial charge in [-0.05, 0) is 61.1 Å². The molecule has 2 aromatic rings. The summed E-state index contributed by atoms with van der Waals surface area (Å²) in [5, 5.41) is 3.80. The molecule has 21 heavy (non-hydrogen) atoms. The Morgan fingerprint density at radius 3 is 2.67 bits per heavy atom. The van der Waals surface area contributed by atoms with Crippen molar-refractivity contribution in [3.8, 4) is 0 Å². The second-order valence-electron chi connectivity index (χ2n) is 6.23. The largest absolute Gasteiger partial charge is 0.309 e. The summed E-state index contributed by atoms with van der Waals surface area (Å²) in [5.74, 6) is 0.619. The molecule has 1 nitrogen and oxygen atoms in total. The summed E-state index contributed by atoms with van der Waals surface area (Å²) in [6.07, 6.45) is 2.38. The van der Waals surface area contributed by atoms with E-state index >= 15 is 0 Å². The third-order valence-corrected chi connectivity index (χ3v) is 4.89. The van der Waals surface area contributed by atoms with Crippen LogP contribution in [0, 0.1) is 13.8 Å². The molecule has 0 fully saturated rings. The number of hydrogen-bond donors (Lipinski definition) is 1. The third-order valence-electron chi connectivity index (χ3n) is 4.89. The molecule has 1 aliphatic rings. The Labute approximate surface area is 128 Å². The summed E-state index contributed by atoms with van der Waals surface area (Å²) in [6.45, 7) is 7.79. The van der Waals surface area contributed by atoms with Gasteiger partial charge < -0.3 is 5.32 Å². The molecule has 0 heterocycles. The highest BCUT2D eigenvalue weighted by molar-refractivity contribution is 5.45. The van der Waals surface area contributed by atoms with Gasteiger partial charge in [-0.1, -0.05) is 49.4 Å². The fraction of sp³-hybridized carbons (Fsp3) is 0.400. The third kappa shape index (κ3) is 2.63. The van der Waals surface area contributed by atoms with E-state index in [1.807, 2.05) is 0 Å². The van der Waals surface area contributed by atoms with Crippen LogP contribution >= 0.6 is 0 Å². The summed E-state index contributed by atoms with van der Waals surface area (Å²) in [7, 11) is 0. The van der Waals surface area contributed by atoms with Crippen molar-refractivity contribution in [2.45, 2.75) is 45.6 Å². The minimum absolute atomic E-state index is 0.444. The van der Waals surface area contributed by atoms with Gasteiger partial charge in [-0.15, -0.1) is 0 Å². The molecule has 0 radical (unpaired) electrons. The van der Waals surface area contributed by atoms with Gasteiger partial charge in [0, 0.05) is 12.0 Å². The number of benzene rings is 2. The standard InChI is InChI=1S/C20H25N/c1-4-12-21-20(17-11-7-8-14(2)15(17)3)19-13-16-9-5-6-10-18(16)19/h5-11,19-21H,4,12-13H2,1-3H3. The lowest BCUT2D eigenvalue weighted by Gasteiger charge is -2.38. The van der Waals surface area contributed by atoms with Crippen LogP contribution in [0.3, 0.4) is 0 Å². The molecule has 1 heteroatoms. The van der Waals surface area contributed by atoms with E-state index in [1.54, 1.807) is 0 Å². The van der Waals surface area contributed by atoms with Crippen LogP contribution in [0.2, 0.25) is 0 Å². The summed E-state index contributed by atoms with van der Waals surface area (Å²) in [5.41, 5.74) is 7.37. The number of nitrogens with one attached hydrogen (secondary N) is 1. The molecule has 0 saturated heterocycles. The van der Waals surface area contributed by atoms with E-state index in [2.05, 4.69) is 68.6 Å². The molecule has 1 aliphatic carbocycles. The van der Waals surface area contributed by atoms with Crippen LogP contribution in [0.1, 0.15) is 53.1 Å². The summed E-state index contributed by atoms with van der Waals surface area (Å²) in [4.78, 5) is 0. The quantitative estimate of drug-likeness (QED) is 0.837. The number of hydrogen-bond acceptors (Lipinski definition) is 1. The highest BCUT2D eigenvalue weighted by atomic mass is 14.9. The molecule has 1 N–H and O–H groups in total. The Bertz CT molecular complexity index is 629. The Balaban J connectivity index is 1.94. The first-order valence-electron chi connectivity index (χ1n) is 8.09. The van der Waals surface area contributed by atoms with Crippen LogP contribution in [0.5, 0.6) is 0 Å². The topological polar surface area (TPSA) is 12.0 Å². The fourth-order valence-corrected chi connectivity index (χ4v) is 3.47. The van der Waals surface area contributed by atoms with Gasteiger partial charge in [-0.2, -0.15) is 0 Å². The molecule has 110 valence electrons.